The predicted octanol–water partition coefficient (Wildman–Crippen LogP) is 5.70. The van der Waals surface area contributed by atoms with E-state index in [1.54, 1.807) is 36.5 Å². The Morgan fingerprint density at radius 1 is 0.969 bits per heavy atom. The van der Waals surface area contributed by atoms with Gasteiger partial charge in [-0.05, 0) is 48.0 Å². The van der Waals surface area contributed by atoms with Gasteiger partial charge >= 0.3 is 0 Å². The molecular formula is C24H15Cl2N3O3. The van der Waals surface area contributed by atoms with E-state index in [0.29, 0.717) is 43.7 Å². The molecule has 0 spiro atoms. The summed E-state index contributed by atoms with van der Waals surface area (Å²) in [7, 11) is 0. The molecule has 1 N–H and O–H groups in total. The third-order valence-electron chi connectivity index (χ3n) is 4.95. The van der Waals surface area contributed by atoms with E-state index in [1.165, 1.54) is 0 Å². The molecule has 1 aliphatic rings. The molecule has 0 unspecified atom stereocenters. The summed E-state index contributed by atoms with van der Waals surface area (Å²) in [6.45, 7) is 0.197. The van der Waals surface area contributed by atoms with Gasteiger partial charge in [0.25, 0.3) is 5.91 Å². The fourth-order valence-corrected chi connectivity index (χ4v) is 3.68. The van der Waals surface area contributed by atoms with Crippen LogP contribution in [0, 0.1) is 0 Å². The normalized spacial score (nSPS) is 12.4. The van der Waals surface area contributed by atoms with Crippen LogP contribution in [0.2, 0.25) is 10.0 Å². The van der Waals surface area contributed by atoms with Crippen molar-refractivity contribution in [3.05, 3.63) is 87.9 Å². The first-order chi connectivity index (χ1) is 15.6. The third-order valence-corrected chi connectivity index (χ3v) is 5.69. The average molecular weight is 464 g/mol. The fraction of sp³-hybridized carbons (Fsp3) is 0.0417. The standard InChI is InChI=1S/C24H15Cl2N3O3/c25-18-7-6-15(10-19(18)26)21-11-17(16-3-1-2-4-20(16)28-21)24(30)29-27-12-14-5-8-22-23(9-14)32-13-31-22/h1-12H,13H2,(H,29,30)/b27-12-. The van der Waals surface area contributed by atoms with Crippen LogP contribution in [-0.2, 0) is 0 Å². The Balaban J connectivity index is 1.45. The fourth-order valence-electron chi connectivity index (χ4n) is 3.39. The maximum absolute atomic E-state index is 13.0. The first-order valence-electron chi connectivity index (χ1n) is 9.67. The number of pyridine rings is 1. The molecule has 1 aromatic heterocycles. The van der Waals surface area contributed by atoms with Crippen molar-refractivity contribution in [3.63, 3.8) is 0 Å². The Labute approximate surface area is 193 Å². The van der Waals surface area contributed by atoms with Crippen molar-refractivity contribution >= 4 is 46.2 Å². The molecule has 32 heavy (non-hydrogen) atoms. The van der Waals surface area contributed by atoms with Gasteiger partial charge in [0.2, 0.25) is 6.79 Å². The smallest absolute Gasteiger partial charge is 0.272 e. The zero-order valence-electron chi connectivity index (χ0n) is 16.5. The minimum absolute atomic E-state index is 0.197. The van der Waals surface area contributed by atoms with E-state index < -0.39 is 0 Å². The maximum Gasteiger partial charge on any atom is 0.272 e. The number of hydrogen-bond acceptors (Lipinski definition) is 5. The molecule has 2 heterocycles. The Bertz CT molecular complexity index is 1390. The summed E-state index contributed by atoms with van der Waals surface area (Å²) in [6, 6.07) is 19.8. The second-order valence-corrected chi connectivity index (χ2v) is 7.83. The minimum atomic E-state index is -0.359. The third kappa shape index (κ3) is 3.98. The number of aromatic nitrogens is 1. The lowest BCUT2D eigenvalue weighted by atomic mass is 10.0. The predicted molar refractivity (Wildman–Crippen MR) is 125 cm³/mol. The monoisotopic (exact) mass is 463 g/mol. The van der Waals surface area contributed by atoms with Crippen LogP contribution in [0.1, 0.15) is 15.9 Å². The van der Waals surface area contributed by atoms with Crippen molar-refractivity contribution in [1.82, 2.24) is 10.4 Å². The van der Waals surface area contributed by atoms with Gasteiger partial charge in [0.15, 0.2) is 11.5 Å². The first kappa shape index (κ1) is 20.3. The molecule has 1 aliphatic heterocycles. The van der Waals surface area contributed by atoms with Gasteiger partial charge in [0, 0.05) is 10.9 Å². The number of carbonyl (C=O) groups excluding carboxylic acids is 1. The molecule has 0 fully saturated rings. The van der Waals surface area contributed by atoms with Gasteiger partial charge in [-0.3, -0.25) is 4.79 Å². The van der Waals surface area contributed by atoms with Crippen LogP contribution in [0.15, 0.2) is 71.8 Å². The lowest BCUT2D eigenvalue weighted by Crippen LogP contribution is -2.18. The molecule has 0 saturated carbocycles. The minimum Gasteiger partial charge on any atom is -0.454 e. The summed E-state index contributed by atoms with van der Waals surface area (Å²) in [5.41, 5.74) is 5.84. The van der Waals surface area contributed by atoms with Crippen LogP contribution < -0.4 is 14.9 Å². The summed E-state index contributed by atoms with van der Waals surface area (Å²) >= 11 is 12.2. The molecule has 3 aromatic carbocycles. The zero-order chi connectivity index (χ0) is 22.1. The largest absolute Gasteiger partial charge is 0.454 e. The summed E-state index contributed by atoms with van der Waals surface area (Å²) in [4.78, 5) is 17.7. The van der Waals surface area contributed by atoms with Gasteiger partial charge in [0.05, 0.1) is 33.0 Å². The lowest BCUT2D eigenvalue weighted by Gasteiger charge is -2.09. The number of ether oxygens (including phenoxy) is 2. The molecule has 1 amide bonds. The first-order valence-corrected chi connectivity index (χ1v) is 10.4. The number of carbonyl (C=O) groups is 1. The van der Waals surface area contributed by atoms with Gasteiger partial charge in [0.1, 0.15) is 0 Å². The van der Waals surface area contributed by atoms with Crippen LogP contribution >= 0.6 is 23.2 Å². The number of nitrogens with zero attached hydrogens (tertiary/aromatic N) is 2. The molecule has 0 bridgehead atoms. The molecule has 0 saturated heterocycles. The molecule has 5 rings (SSSR count). The number of hydrogen-bond donors (Lipinski definition) is 1. The van der Waals surface area contributed by atoms with Gasteiger partial charge in [-0.15, -0.1) is 0 Å². The van der Waals surface area contributed by atoms with Crippen LogP contribution in [0.25, 0.3) is 22.2 Å². The number of nitrogens with one attached hydrogen (secondary N) is 1. The Kier molecular flexibility index (Phi) is 5.39. The Morgan fingerprint density at radius 3 is 2.69 bits per heavy atom. The second-order valence-electron chi connectivity index (χ2n) is 7.01. The molecule has 0 atom stereocenters. The number of para-hydroxylation sites is 1. The molecule has 4 aromatic rings. The van der Waals surface area contributed by atoms with Crippen molar-refractivity contribution < 1.29 is 14.3 Å². The van der Waals surface area contributed by atoms with Crippen molar-refractivity contribution in [2.45, 2.75) is 0 Å². The summed E-state index contributed by atoms with van der Waals surface area (Å²) < 4.78 is 10.7. The highest BCUT2D eigenvalue weighted by Crippen LogP contribution is 2.32. The highest BCUT2D eigenvalue weighted by molar-refractivity contribution is 6.42. The van der Waals surface area contributed by atoms with Crippen molar-refractivity contribution in [3.8, 4) is 22.8 Å². The van der Waals surface area contributed by atoms with E-state index in [-0.39, 0.29) is 12.7 Å². The van der Waals surface area contributed by atoms with E-state index in [0.717, 1.165) is 11.1 Å². The van der Waals surface area contributed by atoms with E-state index in [1.807, 2.05) is 36.4 Å². The summed E-state index contributed by atoms with van der Waals surface area (Å²) in [6.07, 6.45) is 1.54. The highest BCUT2D eigenvalue weighted by atomic mass is 35.5. The van der Waals surface area contributed by atoms with Crippen LogP contribution in [0.5, 0.6) is 11.5 Å². The number of amides is 1. The molecule has 0 aliphatic carbocycles. The number of rotatable bonds is 4. The topological polar surface area (TPSA) is 72.8 Å². The van der Waals surface area contributed by atoms with E-state index >= 15 is 0 Å². The Hall–Kier alpha value is -3.61. The highest BCUT2D eigenvalue weighted by Gasteiger charge is 2.15. The average Bonchev–Trinajstić information content (AvgIpc) is 3.28. The number of fused-ring (bicyclic) bond motifs is 2. The van der Waals surface area contributed by atoms with Crippen LogP contribution in [0.4, 0.5) is 0 Å². The summed E-state index contributed by atoms with van der Waals surface area (Å²) in [5.74, 6) is 0.970. The second kappa shape index (κ2) is 8.49. The van der Waals surface area contributed by atoms with Gasteiger partial charge < -0.3 is 9.47 Å². The molecule has 158 valence electrons. The SMILES string of the molecule is O=C(N/N=C\c1ccc2c(c1)OCO2)c1cc(-c2ccc(Cl)c(Cl)c2)nc2ccccc12. The van der Waals surface area contributed by atoms with Crippen molar-refractivity contribution in [1.29, 1.82) is 0 Å². The summed E-state index contributed by atoms with van der Waals surface area (Å²) in [5, 5.41) is 5.68. The molecular weight excluding hydrogens is 449 g/mol. The van der Waals surface area contributed by atoms with E-state index in [2.05, 4.69) is 15.5 Å². The molecule has 0 radical (unpaired) electrons. The van der Waals surface area contributed by atoms with Crippen molar-refractivity contribution in [2.24, 2.45) is 5.10 Å². The number of hydrazone groups is 1. The van der Waals surface area contributed by atoms with Crippen LogP contribution in [-0.4, -0.2) is 23.9 Å². The van der Waals surface area contributed by atoms with Crippen LogP contribution in [0.3, 0.4) is 0 Å². The van der Waals surface area contributed by atoms with Gasteiger partial charge in [-0.2, -0.15) is 5.10 Å². The maximum atomic E-state index is 13.0. The number of benzene rings is 3. The van der Waals surface area contributed by atoms with Crippen molar-refractivity contribution in [2.75, 3.05) is 6.79 Å². The Morgan fingerprint density at radius 2 is 1.81 bits per heavy atom. The van der Waals surface area contributed by atoms with E-state index in [9.17, 15) is 4.79 Å². The lowest BCUT2D eigenvalue weighted by molar-refractivity contribution is 0.0956. The van der Waals surface area contributed by atoms with Gasteiger partial charge in [-0.25, -0.2) is 10.4 Å². The van der Waals surface area contributed by atoms with Gasteiger partial charge in [-0.1, -0.05) is 47.5 Å². The number of halogens is 2. The molecule has 6 nitrogen and oxygen atoms in total. The zero-order valence-corrected chi connectivity index (χ0v) is 18.0. The molecule has 8 heteroatoms. The van der Waals surface area contributed by atoms with E-state index in [4.69, 9.17) is 32.7 Å². The quantitative estimate of drug-likeness (QED) is 0.311.